The van der Waals surface area contributed by atoms with Gasteiger partial charge >= 0.3 is 6.16 Å². The Morgan fingerprint density at radius 3 is 2.26 bits per heavy atom. The first-order valence-corrected chi connectivity index (χ1v) is 11.7. The lowest BCUT2D eigenvalue weighted by Gasteiger charge is -2.51. The highest BCUT2D eigenvalue weighted by Gasteiger charge is 2.45. The smallest absolute Gasteiger partial charge is 0.451 e. The highest BCUT2D eigenvalue weighted by Crippen LogP contribution is 2.36. The molecule has 2 aromatic carbocycles. The number of rotatable bonds is 6. The van der Waals surface area contributed by atoms with Crippen molar-refractivity contribution in [1.29, 1.82) is 0 Å². The number of morpholine rings is 1. The van der Waals surface area contributed by atoms with Crippen molar-refractivity contribution < 1.29 is 37.3 Å². The number of carbonyl (C=O) groups is 2. The van der Waals surface area contributed by atoms with Crippen LogP contribution in [0.15, 0.2) is 65.6 Å². The average molecular weight is 527 g/mol. The Hall–Kier alpha value is -4.45. The van der Waals surface area contributed by atoms with Gasteiger partial charge in [0.1, 0.15) is 17.8 Å². The molecule has 0 unspecified atom stereocenters. The van der Waals surface area contributed by atoms with Crippen molar-refractivity contribution in [2.75, 3.05) is 38.7 Å². The molecule has 2 aliphatic rings. The molecule has 12 heteroatoms. The van der Waals surface area contributed by atoms with Crippen LogP contribution in [0.25, 0.3) is 0 Å². The molecule has 0 spiro atoms. The third-order valence-corrected chi connectivity index (χ3v) is 6.34. The van der Waals surface area contributed by atoms with Crippen LogP contribution in [0.3, 0.4) is 0 Å². The summed E-state index contributed by atoms with van der Waals surface area (Å²) in [5.41, 5.74) is 0.571. The number of hydrogen-bond acceptors (Lipinski definition) is 8. The zero-order chi connectivity index (χ0) is 26.8. The van der Waals surface area contributed by atoms with Crippen LogP contribution >= 0.6 is 0 Å². The van der Waals surface area contributed by atoms with Crippen LogP contribution in [0.5, 0.6) is 5.75 Å². The lowest BCUT2D eigenvalue weighted by Crippen LogP contribution is -2.66. The topological polar surface area (TPSA) is 99.5 Å². The predicted octanol–water partition coefficient (Wildman–Crippen LogP) is 2.79. The van der Waals surface area contributed by atoms with Crippen molar-refractivity contribution in [3.8, 4) is 5.75 Å². The Labute approximate surface area is 215 Å². The minimum atomic E-state index is -1.02. The van der Waals surface area contributed by atoms with Crippen LogP contribution in [0.2, 0.25) is 0 Å². The van der Waals surface area contributed by atoms with Gasteiger partial charge in [0.05, 0.1) is 26.4 Å². The van der Waals surface area contributed by atoms with Gasteiger partial charge in [-0.05, 0) is 35.4 Å². The van der Waals surface area contributed by atoms with Crippen LogP contribution in [0.1, 0.15) is 27.7 Å². The summed E-state index contributed by atoms with van der Waals surface area (Å²) in [5.74, 6) is -1.69. The minimum absolute atomic E-state index is 0.0988. The summed E-state index contributed by atoms with van der Waals surface area (Å²) < 4.78 is 49.6. The summed E-state index contributed by atoms with van der Waals surface area (Å²) in [6.07, 6.45) is -0.232. The molecule has 3 aromatic rings. The molecule has 5 rings (SSSR count). The van der Waals surface area contributed by atoms with Gasteiger partial charge in [-0.2, -0.15) is 0 Å². The van der Waals surface area contributed by atoms with E-state index in [2.05, 4.69) is 4.74 Å². The van der Waals surface area contributed by atoms with Crippen molar-refractivity contribution in [3.05, 3.63) is 99.5 Å². The number of hydrogen-bond donors (Lipinski definition) is 0. The molecule has 10 nitrogen and oxygen atoms in total. The Morgan fingerprint density at radius 2 is 1.66 bits per heavy atom. The molecule has 0 radical (unpaired) electrons. The highest BCUT2D eigenvalue weighted by atomic mass is 19.1. The summed E-state index contributed by atoms with van der Waals surface area (Å²) in [6.45, 7) is -0.0385. The van der Waals surface area contributed by atoms with Gasteiger partial charge in [0.2, 0.25) is 18.0 Å². The fourth-order valence-corrected chi connectivity index (χ4v) is 4.64. The molecule has 1 atom stereocenters. The van der Waals surface area contributed by atoms with Crippen LogP contribution in [-0.4, -0.2) is 61.5 Å². The predicted molar refractivity (Wildman–Crippen MR) is 128 cm³/mol. The standard InChI is InChI=1S/C26H23F2N3O7/c1-35-26(34)38-15-37-24-20(32)10-11-30-23(24)25(33)29-12-13-36-14-21(29)31(30)22(16-2-6-18(27)7-3-16)17-4-8-19(28)9-5-17/h2-11,21-22H,12-15H2,1H3/t21-/m1/s1. The Kier molecular flexibility index (Phi) is 6.97. The lowest BCUT2D eigenvalue weighted by atomic mass is 9.96. The molecule has 2 aliphatic heterocycles. The van der Waals surface area contributed by atoms with E-state index in [4.69, 9.17) is 14.2 Å². The number of aromatic nitrogens is 1. The minimum Gasteiger partial charge on any atom is -0.451 e. The average Bonchev–Trinajstić information content (AvgIpc) is 2.93. The first kappa shape index (κ1) is 25.2. The van der Waals surface area contributed by atoms with Gasteiger partial charge in [-0.3, -0.25) is 19.3 Å². The van der Waals surface area contributed by atoms with Crippen molar-refractivity contribution in [3.63, 3.8) is 0 Å². The summed E-state index contributed by atoms with van der Waals surface area (Å²) in [7, 11) is 1.12. The number of methoxy groups -OCH3 is 1. The largest absolute Gasteiger partial charge is 0.510 e. The maximum atomic E-state index is 13.9. The highest BCUT2D eigenvalue weighted by molar-refractivity contribution is 5.96. The molecule has 1 saturated heterocycles. The number of pyridine rings is 1. The molecule has 3 heterocycles. The van der Waals surface area contributed by atoms with Crippen LogP contribution < -0.4 is 15.2 Å². The fourth-order valence-electron chi connectivity index (χ4n) is 4.64. The van der Waals surface area contributed by atoms with Gasteiger partial charge in [-0.1, -0.05) is 24.3 Å². The second-order valence-corrected chi connectivity index (χ2v) is 8.50. The number of carbonyl (C=O) groups excluding carboxylic acids is 2. The molecule has 1 amide bonds. The molecule has 0 saturated carbocycles. The number of benzene rings is 2. The van der Waals surface area contributed by atoms with E-state index in [9.17, 15) is 23.2 Å². The first-order chi connectivity index (χ1) is 18.4. The Morgan fingerprint density at radius 1 is 1.03 bits per heavy atom. The maximum absolute atomic E-state index is 13.9. The number of fused-ring (bicyclic) bond motifs is 2. The molecule has 1 fully saturated rings. The molecule has 0 bridgehead atoms. The van der Waals surface area contributed by atoms with E-state index in [0.29, 0.717) is 11.1 Å². The zero-order valence-electron chi connectivity index (χ0n) is 20.2. The van der Waals surface area contributed by atoms with Crippen molar-refractivity contribution in [2.45, 2.75) is 12.2 Å². The molecule has 1 aromatic heterocycles. The van der Waals surface area contributed by atoms with Crippen LogP contribution in [0, 0.1) is 11.6 Å². The van der Waals surface area contributed by atoms with Gasteiger partial charge in [0.15, 0.2) is 5.69 Å². The molecule has 0 N–H and O–H groups in total. The van der Waals surface area contributed by atoms with E-state index in [-0.39, 0.29) is 31.2 Å². The normalized spacial score (nSPS) is 16.6. The monoisotopic (exact) mass is 527 g/mol. The number of nitrogens with zero attached hydrogens (tertiary/aromatic N) is 3. The van der Waals surface area contributed by atoms with E-state index < -0.39 is 48.1 Å². The molecule has 198 valence electrons. The maximum Gasteiger partial charge on any atom is 0.510 e. The molecule has 38 heavy (non-hydrogen) atoms. The van der Waals surface area contributed by atoms with Gasteiger partial charge in [0.25, 0.3) is 5.91 Å². The number of halogens is 2. The first-order valence-electron chi connectivity index (χ1n) is 11.7. The van der Waals surface area contributed by atoms with Crippen molar-refractivity contribution in [2.24, 2.45) is 0 Å². The summed E-state index contributed by atoms with van der Waals surface area (Å²) in [5, 5.41) is 1.80. The number of ether oxygens (including phenoxy) is 4. The fraction of sp³-hybridized carbons (Fsp3) is 0.269. The third kappa shape index (κ3) is 4.65. The molecule has 0 aliphatic carbocycles. The summed E-state index contributed by atoms with van der Waals surface area (Å²) >= 11 is 0. The van der Waals surface area contributed by atoms with Crippen molar-refractivity contribution >= 4 is 12.1 Å². The molecular formula is C26H23F2N3O7. The van der Waals surface area contributed by atoms with E-state index in [1.807, 2.05) is 0 Å². The summed E-state index contributed by atoms with van der Waals surface area (Å²) in [4.78, 5) is 39.4. The van der Waals surface area contributed by atoms with Crippen LogP contribution in [0.4, 0.5) is 13.6 Å². The van der Waals surface area contributed by atoms with Crippen LogP contribution in [-0.2, 0) is 14.2 Å². The second-order valence-electron chi connectivity index (χ2n) is 8.50. The lowest BCUT2D eigenvalue weighted by molar-refractivity contribution is -0.0208. The zero-order valence-corrected chi connectivity index (χ0v) is 20.2. The Bertz CT molecular complexity index is 1350. The Balaban J connectivity index is 1.69. The van der Waals surface area contributed by atoms with E-state index >= 15 is 0 Å². The van der Waals surface area contributed by atoms with Gasteiger partial charge in [-0.15, -0.1) is 0 Å². The number of amides is 1. The summed E-state index contributed by atoms with van der Waals surface area (Å²) in [6, 6.07) is 12.1. The SMILES string of the molecule is COC(=O)OCOc1c2n(ccc1=O)N(C(c1ccc(F)cc1)c1ccc(F)cc1)[C@@H]1COCCN1C2=O. The van der Waals surface area contributed by atoms with Gasteiger partial charge in [0, 0.05) is 18.8 Å². The third-order valence-electron chi connectivity index (χ3n) is 6.34. The van der Waals surface area contributed by atoms with Gasteiger partial charge in [-0.25, -0.2) is 13.6 Å². The second kappa shape index (κ2) is 10.5. The van der Waals surface area contributed by atoms with E-state index in [1.54, 1.807) is 34.2 Å². The quantitative estimate of drug-likeness (QED) is 0.357. The molecular weight excluding hydrogens is 504 g/mol. The van der Waals surface area contributed by atoms with Crippen molar-refractivity contribution in [1.82, 2.24) is 9.58 Å². The van der Waals surface area contributed by atoms with E-state index in [0.717, 1.165) is 7.11 Å². The van der Waals surface area contributed by atoms with E-state index in [1.165, 1.54) is 41.2 Å². The van der Waals surface area contributed by atoms with Gasteiger partial charge < -0.3 is 23.8 Å².